The number of benzene rings is 1. The summed E-state index contributed by atoms with van der Waals surface area (Å²) in [6, 6.07) is 7.81. The summed E-state index contributed by atoms with van der Waals surface area (Å²) in [7, 11) is 0. The molecule has 0 unspecified atom stereocenters. The Kier molecular flexibility index (Phi) is 6.11. The van der Waals surface area contributed by atoms with E-state index in [1.165, 1.54) is 0 Å². The van der Waals surface area contributed by atoms with Crippen LogP contribution in [0.4, 0.5) is 0 Å². The minimum absolute atomic E-state index is 0.0189. The molecule has 0 saturated carbocycles. The standard InChI is InChI=1S/C24H30N4O3/c1-5-7-10-27(6-2)24(29)18-14-20(26-23-19(18)15-25-28(23)16(3)4)17-8-9-21-22(13-17)31-12-11-30-21/h8-9,13-16H,5-7,10-12H2,1-4H3. The summed E-state index contributed by atoms with van der Waals surface area (Å²) in [5.41, 5.74) is 2.96. The largest absolute Gasteiger partial charge is 0.486 e. The number of fused-ring (bicyclic) bond motifs is 2. The molecule has 0 spiro atoms. The third-order valence-corrected chi connectivity index (χ3v) is 5.57. The highest BCUT2D eigenvalue weighted by Crippen LogP contribution is 2.35. The summed E-state index contributed by atoms with van der Waals surface area (Å²) in [6.45, 7) is 10.8. The summed E-state index contributed by atoms with van der Waals surface area (Å²) >= 11 is 0. The molecular weight excluding hydrogens is 392 g/mol. The van der Waals surface area contributed by atoms with E-state index in [-0.39, 0.29) is 11.9 Å². The predicted molar refractivity (Wildman–Crippen MR) is 121 cm³/mol. The van der Waals surface area contributed by atoms with E-state index in [0.717, 1.165) is 47.4 Å². The van der Waals surface area contributed by atoms with Crippen LogP contribution in [0.2, 0.25) is 0 Å². The van der Waals surface area contributed by atoms with E-state index in [1.807, 2.05) is 40.8 Å². The topological polar surface area (TPSA) is 69.5 Å². The van der Waals surface area contributed by atoms with Gasteiger partial charge in [-0.15, -0.1) is 0 Å². The lowest BCUT2D eigenvalue weighted by Crippen LogP contribution is -2.32. The molecule has 0 fully saturated rings. The fraction of sp³-hybridized carbons (Fsp3) is 0.458. The molecule has 1 aliphatic rings. The second-order valence-electron chi connectivity index (χ2n) is 8.07. The van der Waals surface area contributed by atoms with Crippen LogP contribution >= 0.6 is 0 Å². The van der Waals surface area contributed by atoms with E-state index < -0.39 is 0 Å². The van der Waals surface area contributed by atoms with Gasteiger partial charge in [-0.05, 0) is 51.5 Å². The van der Waals surface area contributed by atoms with Crippen molar-refractivity contribution in [2.75, 3.05) is 26.3 Å². The summed E-state index contributed by atoms with van der Waals surface area (Å²) in [5.74, 6) is 1.45. The molecule has 0 bridgehead atoms. The Bertz CT molecular complexity index is 1090. The molecule has 4 rings (SSSR count). The monoisotopic (exact) mass is 422 g/mol. The Morgan fingerprint density at radius 1 is 1.16 bits per heavy atom. The number of nitrogens with zero attached hydrogens (tertiary/aromatic N) is 4. The number of hydrogen-bond donors (Lipinski definition) is 0. The van der Waals surface area contributed by atoms with Crippen LogP contribution in [0, 0.1) is 0 Å². The fourth-order valence-electron chi connectivity index (χ4n) is 3.85. The van der Waals surface area contributed by atoms with Crippen molar-refractivity contribution < 1.29 is 14.3 Å². The number of ether oxygens (including phenoxy) is 2. The quantitative estimate of drug-likeness (QED) is 0.551. The number of pyridine rings is 1. The number of amides is 1. The maximum atomic E-state index is 13.5. The number of carbonyl (C=O) groups excluding carboxylic acids is 1. The van der Waals surface area contributed by atoms with Gasteiger partial charge in [0.1, 0.15) is 13.2 Å². The average molecular weight is 423 g/mol. The van der Waals surface area contributed by atoms with Crippen LogP contribution in [-0.4, -0.2) is 51.9 Å². The molecule has 7 nitrogen and oxygen atoms in total. The smallest absolute Gasteiger partial charge is 0.254 e. The fourth-order valence-corrected chi connectivity index (χ4v) is 3.85. The van der Waals surface area contributed by atoms with Crippen LogP contribution in [-0.2, 0) is 0 Å². The van der Waals surface area contributed by atoms with Crippen molar-refractivity contribution >= 4 is 16.9 Å². The van der Waals surface area contributed by atoms with Crippen molar-refractivity contribution in [3.63, 3.8) is 0 Å². The summed E-state index contributed by atoms with van der Waals surface area (Å²) < 4.78 is 13.3. The summed E-state index contributed by atoms with van der Waals surface area (Å²) in [6.07, 6.45) is 3.79. The van der Waals surface area contributed by atoms with Crippen LogP contribution in [0.25, 0.3) is 22.3 Å². The zero-order valence-corrected chi connectivity index (χ0v) is 18.7. The Balaban J connectivity index is 1.85. The zero-order chi connectivity index (χ0) is 22.0. The minimum Gasteiger partial charge on any atom is -0.486 e. The lowest BCUT2D eigenvalue weighted by atomic mass is 10.0. The van der Waals surface area contributed by atoms with Crippen LogP contribution in [0.1, 0.15) is 56.9 Å². The molecule has 2 aromatic heterocycles. The first-order chi connectivity index (χ1) is 15.0. The Morgan fingerprint density at radius 3 is 2.65 bits per heavy atom. The SMILES string of the molecule is CCCCN(CC)C(=O)c1cc(-c2ccc3c(c2)OCCO3)nc2c1cnn2C(C)C. The first kappa shape index (κ1) is 21.2. The van der Waals surface area contributed by atoms with Crippen molar-refractivity contribution in [1.29, 1.82) is 0 Å². The molecule has 164 valence electrons. The second kappa shape index (κ2) is 8.96. The van der Waals surface area contributed by atoms with E-state index in [0.29, 0.717) is 31.1 Å². The molecular formula is C24H30N4O3. The van der Waals surface area contributed by atoms with Crippen molar-refractivity contribution in [3.8, 4) is 22.8 Å². The maximum Gasteiger partial charge on any atom is 0.254 e. The van der Waals surface area contributed by atoms with Gasteiger partial charge >= 0.3 is 0 Å². The lowest BCUT2D eigenvalue weighted by Gasteiger charge is -2.22. The van der Waals surface area contributed by atoms with Gasteiger partial charge in [0, 0.05) is 24.7 Å². The molecule has 0 aliphatic carbocycles. The highest BCUT2D eigenvalue weighted by Gasteiger charge is 2.22. The van der Waals surface area contributed by atoms with Gasteiger partial charge < -0.3 is 14.4 Å². The molecule has 0 atom stereocenters. The van der Waals surface area contributed by atoms with Crippen LogP contribution in [0.5, 0.6) is 11.5 Å². The van der Waals surface area contributed by atoms with Gasteiger partial charge in [-0.2, -0.15) is 5.10 Å². The molecule has 1 aliphatic heterocycles. The molecule has 0 saturated heterocycles. The second-order valence-corrected chi connectivity index (χ2v) is 8.07. The van der Waals surface area contributed by atoms with E-state index >= 15 is 0 Å². The van der Waals surface area contributed by atoms with Gasteiger partial charge in [0.2, 0.25) is 0 Å². The van der Waals surface area contributed by atoms with Crippen molar-refractivity contribution in [3.05, 3.63) is 36.0 Å². The van der Waals surface area contributed by atoms with Crippen molar-refractivity contribution in [1.82, 2.24) is 19.7 Å². The lowest BCUT2D eigenvalue weighted by molar-refractivity contribution is 0.0764. The van der Waals surface area contributed by atoms with Crippen LogP contribution in [0.15, 0.2) is 30.5 Å². The number of unbranched alkanes of at least 4 members (excludes halogenated alkanes) is 1. The molecule has 3 aromatic rings. The number of hydrogen-bond acceptors (Lipinski definition) is 5. The average Bonchev–Trinajstić information content (AvgIpc) is 3.23. The molecule has 1 amide bonds. The highest BCUT2D eigenvalue weighted by molar-refractivity contribution is 6.06. The van der Waals surface area contributed by atoms with E-state index in [4.69, 9.17) is 14.5 Å². The normalized spacial score (nSPS) is 13.1. The molecule has 31 heavy (non-hydrogen) atoms. The van der Waals surface area contributed by atoms with Gasteiger partial charge in [0.15, 0.2) is 17.1 Å². The molecule has 7 heteroatoms. The Morgan fingerprint density at radius 2 is 1.94 bits per heavy atom. The third kappa shape index (κ3) is 4.09. The van der Waals surface area contributed by atoms with Gasteiger partial charge in [0.25, 0.3) is 5.91 Å². The third-order valence-electron chi connectivity index (χ3n) is 5.57. The van der Waals surface area contributed by atoms with Crippen LogP contribution < -0.4 is 9.47 Å². The first-order valence-corrected chi connectivity index (χ1v) is 11.1. The highest BCUT2D eigenvalue weighted by atomic mass is 16.6. The molecule has 1 aromatic carbocycles. The molecule has 0 N–H and O–H groups in total. The maximum absolute atomic E-state index is 13.5. The Labute approximate surface area is 183 Å². The number of rotatable bonds is 7. The zero-order valence-electron chi connectivity index (χ0n) is 18.7. The minimum atomic E-state index is 0.0189. The number of aromatic nitrogens is 3. The number of carbonyl (C=O) groups is 1. The van der Waals surface area contributed by atoms with Gasteiger partial charge in [-0.25, -0.2) is 9.67 Å². The van der Waals surface area contributed by atoms with Crippen LogP contribution in [0.3, 0.4) is 0 Å². The van der Waals surface area contributed by atoms with E-state index in [1.54, 1.807) is 6.20 Å². The predicted octanol–water partition coefficient (Wildman–Crippen LogP) is 4.71. The summed E-state index contributed by atoms with van der Waals surface area (Å²) in [5, 5.41) is 5.32. The summed E-state index contributed by atoms with van der Waals surface area (Å²) in [4.78, 5) is 20.3. The molecule has 3 heterocycles. The van der Waals surface area contributed by atoms with Gasteiger partial charge in [-0.1, -0.05) is 13.3 Å². The Hall–Kier alpha value is -3.09. The van der Waals surface area contributed by atoms with Crippen molar-refractivity contribution in [2.24, 2.45) is 0 Å². The van der Waals surface area contributed by atoms with Crippen molar-refractivity contribution in [2.45, 2.75) is 46.6 Å². The van der Waals surface area contributed by atoms with Gasteiger partial charge in [0.05, 0.1) is 22.8 Å². The van der Waals surface area contributed by atoms with E-state index in [9.17, 15) is 4.79 Å². The van der Waals surface area contributed by atoms with Gasteiger partial charge in [-0.3, -0.25) is 4.79 Å². The van der Waals surface area contributed by atoms with E-state index in [2.05, 4.69) is 25.9 Å². The molecule has 0 radical (unpaired) electrons. The first-order valence-electron chi connectivity index (χ1n) is 11.1.